The first kappa shape index (κ1) is 14.4. The van der Waals surface area contributed by atoms with E-state index in [4.69, 9.17) is 5.73 Å². The molecule has 1 aliphatic carbocycles. The number of halogens is 2. The predicted octanol–water partition coefficient (Wildman–Crippen LogP) is 4.20. The summed E-state index contributed by atoms with van der Waals surface area (Å²) in [6.07, 6.45) is 9.25. The molecule has 2 rings (SSSR count). The van der Waals surface area contributed by atoms with Gasteiger partial charge in [0.25, 0.3) is 0 Å². The van der Waals surface area contributed by atoms with Gasteiger partial charge in [0.15, 0.2) is 0 Å². The highest BCUT2D eigenvalue weighted by Gasteiger charge is 2.15. The third-order valence-electron chi connectivity index (χ3n) is 4.17. The third kappa shape index (κ3) is 4.57. The topological polar surface area (TPSA) is 26.0 Å². The first-order valence-electron chi connectivity index (χ1n) is 7.34. The molecule has 1 atom stereocenters. The minimum absolute atomic E-state index is 0.0260. The smallest absolute Gasteiger partial charge is 0.129 e. The van der Waals surface area contributed by atoms with Crippen molar-refractivity contribution in [2.75, 3.05) is 0 Å². The Morgan fingerprint density at radius 1 is 1.16 bits per heavy atom. The summed E-state index contributed by atoms with van der Waals surface area (Å²) >= 11 is 0. The Hall–Kier alpha value is -0.960. The Balaban J connectivity index is 1.78. The molecule has 106 valence electrons. The zero-order valence-corrected chi connectivity index (χ0v) is 11.4. The van der Waals surface area contributed by atoms with Crippen molar-refractivity contribution in [3.63, 3.8) is 0 Å². The van der Waals surface area contributed by atoms with Crippen molar-refractivity contribution in [1.29, 1.82) is 0 Å². The molecule has 3 heteroatoms. The van der Waals surface area contributed by atoms with Crippen molar-refractivity contribution < 1.29 is 8.78 Å². The molecule has 1 unspecified atom stereocenters. The Labute approximate surface area is 114 Å². The molecule has 0 bridgehead atoms. The van der Waals surface area contributed by atoms with Crippen LogP contribution < -0.4 is 5.73 Å². The fourth-order valence-electron chi connectivity index (χ4n) is 3.00. The SMILES string of the molecule is NC(CCC1CCCCC1)Cc1ccc(F)cc1F. The first-order valence-corrected chi connectivity index (χ1v) is 7.34. The van der Waals surface area contributed by atoms with Crippen LogP contribution in [0.25, 0.3) is 0 Å². The Kier molecular flexibility index (Phi) is 5.32. The summed E-state index contributed by atoms with van der Waals surface area (Å²) in [5.41, 5.74) is 6.59. The summed E-state index contributed by atoms with van der Waals surface area (Å²) in [6, 6.07) is 3.71. The van der Waals surface area contributed by atoms with Crippen LogP contribution in [-0.2, 0) is 6.42 Å². The largest absolute Gasteiger partial charge is 0.327 e. The van der Waals surface area contributed by atoms with E-state index in [0.717, 1.165) is 24.8 Å². The van der Waals surface area contributed by atoms with Crippen LogP contribution in [0.3, 0.4) is 0 Å². The fraction of sp³-hybridized carbons (Fsp3) is 0.625. The summed E-state index contributed by atoms with van der Waals surface area (Å²) in [7, 11) is 0. The van der Waals surface area contributed by atoms with E-state index < -0.39 is 11.6 Å². The second-order valence-electron chi connectivity index (χ2n) is 5.78. The molecule has 0 heterocycles. The molecule has 19 heavy (non-hydrogen) atoms. The van der Waals surface area contributed by atoms with Gasteiger partial charge >= 0.3 is 0 Å². The molecule has 1 fully saturated rings. The van der Waals surface area contributed by atoms with Crippen LogP contribution in [0.1, 0.15) is 50.5 Å². The molecule has 0 radical (unpaired) electrons. The molecule has 1 aliphatic rings. The minimum atomic E-state index is -0.531. The number of rotatable bonds is 5. The van der Waals surface area contributed by atoms with Crippen LogP contribution in [0.5, 0.6) is 0 Å². The second kappa shape index (κ2) is 6.99. The quantitative estimate of drug-likeness (QED) is 0.850. The van der Waals surface area contributed by atoms with E-state index in [1.165, 1.54) is 44.2 Å². The average molecular weight is 267 g/mol. The zero-order chi connectivity index (χ0) is 13.7. The van der Waals surface area contributed by atoms with Gasteiger partial charge in [0.2, 0.25) is 0 Å². The van der Waals surface area contributed by atoms with Crippen LogP contribution in [-0.4, -0.2) is 6.04 Å². The van der Waals surface area contributed by atoms with E-state index in [2.05, 4.69) is 0 Å². The highest BCUT2D eigenvalue weighted by atomic mass is 19.1. The van der Waals surface area contributed by atoms with E-state index in [1.54, 1.807) is 0 Å². The number of hydrogen-bond donors (Lipinski definition) is 1. The molecule has 1 saturated carbocycles. The van der Waals surface area contributed by atoms with Crippen LogP contribution in [0.4, 0.5) is 8.78 Å². The van der Waals surface area contributed by atoms with E-state index in [0.29, 0.717) is 12.0 Å². The second-order valence-corrected chi connectivity index (χ2v) is 5.78. The van der Waals surface area contributed by atoms with Gasteiger partial charge < -0.3 is 5.73 Å². The average Bonchev–Trinajstić information content (AvgIpc) is 2.41. The van der Waals surface area contributed by atoms with Gasteiger partial charge in [-0.05, 0) is 36.8 Å². The van der Waals surface area contributed by atoms with Crippen molar-refractivity contribution in [3.05, 3.63) is 35.4 Å². The van der Waals surface area contributed by atoms with Crippen LogP contribution in [0.2, 0.25) is 0 Å². The molecule has 0 aromatic heterocycles. The van der Waals surface area contributed by atoms with Gasteiger partial charge in [-0.2, -0.15) is 0 Å². The highest BCUT2D eigenvalue weighted by Crippen LogP contribution is 2.27. The Bertz CT molecular complexity index is 400. The monoisotopic (exact) mass is 267 g/mol. The first-order chi connectivity index (χ1) is 9.15. The number of nitrogens with two attached hydrogens (primary N) is 1. The van der Waals surface area contributed by atoms with Crippen molar-refractivity contribution in [1.82, 2.24) is 0 Å². The maximum absolute atomic E-state index is 13.5. The van der Waals surface area contributed by atoms with Crippen molar-refractivity contribution in [3.8, 4) is 0 Å². The van der Waals surface area contributed by atoms with Gasteiger partial charge in [-0.15, -0.1) is 0 Å². The predicted molar refractivity (Wildman–Crippen MR) is 73.8 cm³/mol. The molecule has 1 nitrogen and oxygen atoms in total. The normalized spacial score (nSPS) is 18.5. The number of hydrogen-bond acceptors (Lipinski definition) is 1. The van der Waals surface area contributed by atoms with Crippen LogP contribution in [0.15, 0.2) is 18.2 Å². The summed E-state index contributed by atoms with van der Waals surface area (Å²) in [6.45, 7) is 0. The number of benzene rings is 1. The third-order valence-corrected chi connectivity index (χ3v) is 4.17. The van der Waals surface area contributed by atoms with Gasteiger partial charge in [-0.1, -0.05) is 38.2 Å². The van der Waals surface area contributed by atoms with Gasteiger partial charge in [0, 0.05) is 12.1 Å². The van der Waals surface area contributed by atoms with Crippen molar-refractivity contribution in [2.24, 2.45) is 11.7 Å². The Morgan fingerprint density at radius 2 is 1.89 bits per heavy atom. The fourth-order valence-corrected chi connectivity index (χ4v) is 3.00. The van der Waals surface area contributed by atoms with Crippen LogP contribution in [0, 0.1) is 17.6 Å². The van der Waals surface area contributed by atoms with E-state index in [1.807, 2.05) is 0 Å². The lowest BCUT2D eigenvalue weighted by molar-refractivity contribution is 0.322. The lowest BCUT2D eigenvalue weighted by atomic mass is 9.85. The summed E-state index contributed by atoms with van der Waals surface area (Å²) in [5.74, 6) is -0.206. The van der Waals surface area contributed by atoms with E-state index in [-0.39, 0.29) is 6.04 Å². The van der Waals surface area contributed by atoms with Crippen molar-refractivity contribution in [2.45, 2.75) is 57.4 Å². The molecule has 2 N–H and O–H groups in total. The zero-order valence-electron chi connectivity index (χ0n) is 11.4. The van der Waals surface area contributed by atoms with Gasteiger partial charge in [-0.3, -0.25) is 0 Å². The van der Waals surface area contributed by atoms with Gasteiger partial charge in [0.1, 0.15) is 11.6 Å². The molecule has 1 aromatic carbocycles. The molecule has 0 aliphatic heterocycles. The summed E-state index contributed by atoms with van der Waals surface area (Å²) in [4.78, 5) is 0. The molecule has 0 spiro atoms. The molecule has 1 aromatic rings. The summed E-state index contributed by atoms with van der Waals surface area (Å²) < 4.78 is 26.3. The molecular weight excluding hydrogens is 244 g/mol. The Morgan fingerprint density at radius 3 is 2.58 bits per heavy atom. The van der Waals surface area contributed by atoms with Crippen LogP contribution >= 0.6 is 0 Å². The molecular formula is C16H23F2N. The molecule has 0 amide bonds. The summed E-state index contributed by atoms with van der Waals surface area (Å²) in [5, 5.41) is 0. The molecule has 0 saturated heterocycles. The highest BCUT2D eigenvalue weighted by molar-refractivity contribution is 5.19. The van der Waals surface area contributed by atoms with Crippen molar-refractivity contribution >= 4 is 0 Å². The van der Waals surface area contributed by atoms with Gasteiger partial charge in [0.05, 0.1) is 0 Å². The standard InChI is InChI=1S/C16H23F2N/c17-14-8-7-13(16(18)11-14)10-15(19)9-6-12-4-2-1-3-5-12/h7-8,11-12,15H,1-6,9-10,19H2. The lowest BCUT2D eigenvalue weighted by Crippen LogP contribution is -2.24. The maximum Gasteiger partial charge on any atom is 0.129 e. The van der Waals surface area contributed by atoms with E-state index >= 15 is 0 Å². The maximum atomic E-state index is 13.5. The minimum Gasteiger partial charge on any atom is -0.327 e. The van der Waals surface area contributed by atoms with E-state index in [9.17, 15) is 8.78 Å². The van der Waals surface area contributed by atoms with Gasteiger partial charge in [-0.25, -0.2) is 8.78 Å². The lowest BCUT2D eigenvalue weighted by Gasteiger charge is -2.23.